The van der Waals surface area contributed by atoms with Crippen LogP contribution < -0.4 is 14.5 Å². The van der Waals surface area contributed by atoms with Crippen LogP contribution in [0.25, 0.3) is 49.9 Å². The number of ether oxygens (including phenoxy) is 1. The van der Waals surface area contributed by atoms with Crippen molar-refractivity contribution in [1.29, 1.82) is 0 Å². The molecule has 1 aliphatic rings. The van der Waals surface area contributed by atoms with Crippen LogP contribution in [0.4, 0.5) is 22.7 Å². The summed E-state index contributed by atoms with van der Waals surface area (Å²) in [6.07, 6.45) is 1.97. The zero-order valence-electron chi connectivity index (χ0n) is 46.0. The summed E-state index contributed by atoms with van der Waals surface area (Å²) < 4.78 is 9.07. The molecule has 10 rings (SSSR count). The molecule has 0 spiro atoms. The molecule has 7 aromatic carbocycles. The van der Waals surface area contributed by atoms with E-state index in [1.54, 1.807) is 0 Å². The molecule has 0 unspecified atom stereocenters. The molecule has 0 saturated carbocycles. The van der Waals surface area contributed by atoms with Crippen LogP contribution in [0.1, 0.15) is 132 Å². The number of hydrogen-bond acceptors (Lipinski definition) is 4. The van der Waals surface area contributed by atoms with E-state index in [0.29, 0.717) is 11.5 Å². The van der Waals surface area contributed by atoms with Gasteiger partial charge in [0.2, 0.25) is 0 Å². The van der Waals surface area contributed by atoms with Crippen LogP contribution in [0.15, 0.2) is 152 Å². The number of para-hydroxylation sites is 2. The molecule has 2 aromatic heterocycles. The van der Waals surface area contributed by atoms with Crippen molar-refractivity contribution in [2.75, 3.05) is 9.80 Å². The van der Waals surface area contributed by atoms with Crippen LogP contribution in [0.2, 0.25) is 0 Å². The Bertz CT molecular complexity index is 3480. The molecule has 74 heavy (non-hydrogen) atoms. The van der Waals surface area contributed by atoms with Gasteiger partial charge in [-0.15, -0.1) is 48.1 Å². The molecule has 0 aliphatic carbocycles. The Kier molecular flexibility index (Phi) is 13.5. The van der Waals surface area contributed by atoms with Gasteiger partial charge in [-0.2, -0.15) is 12.1 Å². The average Bonchev–Trinajstić information content (AvgIpc) is 3.88. The summed E-state index contributed by atoms with van der Waals surface area (Å²) >= 11 is 0. The van der Waals surface area contributed by atoms with E-state index in [1.165, 1.54) is 38.9 Å². The van der Waals surface area contributed by atoms with Crippen molar-refractivity contribution in [3.8, 4) is 39.6 Å². The van der Waals surface area contributed by atoms with Crippen LogP contribution in [0, 0.1) is 18.8 Å². The van der Waals surface area contributed by atoms with Crippen molar-refractivity contribution in [2.45, 2.75) is 131 Å². The molecule has 3 heterocycles. The Hall–Kier alpha value is -6.42. The maximum absolute atomic E-state index is 6.81. The number of hydrogen-bond donors (Lipinski definition) is 0. The van der Waals surface area contributed by atoms with Gasteiger partial charge in [-0.05, 0) is 125 Å². The topological polar surface area (TPSA) is 33.5 Å². The standard InChI is InChI=1S/C68H71N4O.Pt/c1-64(2,3)47-36-48(65(4,5)6)38-51(37-47)71-43-70(59-26-19-20-27-60(59)71)50-24-21-25-52(41-50)73-53-29-30-54-55-34-45(44-22-17-16-18-23-44)28-31-58(55)72(61(54)42-53)62-35-46(32-33-69-62)63-56(67(10,11)12)39-49(66(7,8)9)40-57(63)68(13,14)15;/h16-40,43H,1-15H3;/q-3;. The third kappa shape index (κ3) is 10.1. The Morgan fingerprint density at radius 3 is 1.65 bits per heavy atom. The molecule has 6 heteroatoms. The largest absolute Gasteiger partial charge is 0.509 e. The molecule has 0 fully saturated rings. The first kappa shape index (κ1) is 52.4. The first-order valence-corrected chi connectivity index (χ1v) is 25.9. The first-order chi connectivity index (χ1) is 34.3. The van der Waals surface area contributed by atoms with E-state index in [4.69, 9.17) is 9.72 Å². The first-order valence-electron chi connectivity index (χ1n) is 25.9. The fraction of sp³-hybridized carbons (Fsp3) is 0.294. The Balaban J connectivity index is 0.00000672. The van der Waals surface area contributed by atoms with E-state index in [9.17, 15) is 0 Å². The second kappa shape index (κ2) is 19.1. The van der Waals surface area contributed by atoms with Gasteiger partial charge in [0.05, 0.1) is 0 Å². The van der Waals surface area contributed by atoms with Crippen molar-refractivity contribution in [1.82, 2.24) is 9.55 Å². The fourth-order valence-electron chi connectivity index (χ4n) is 10.2. The SMILES string of the molecule is CC(C)(C)c1cc(N2[CH-]N(c3[c-]c(Oc4[c-]c5c(cc4)c4cc(-c6ccccc6)ccc4n5-c4cc(-c5c(C(C)(C)C)cc(C(C)(C)C)cc5C(C)(C)C)ccn4)ccc3)c3ccccc32)cc(C(C)(C)C)c1.[Pt]. The van der Waals surface area contributed by atoms with Gasteiger partial charge in [0, 0.05) is 61.3 Å². The van der Waals surface area contributed by atoms with E-state index in [-0.39, 0.29) is 48.1 Å². The maximum atomic E-state index is 6.81. The molecule has 382 valence electrons. The van der Waals surface area contributed by atoms with E-state index in [0.717, 1.165) is 61.5 Å². The van der Waals surface area contributed by atoms with Crippen molar-refractivity contribution >= 4 is 44.6 Å². The smallest absolute Gasteiger partial charge is 0.136 e. The molecule has 0 saturated heterocycles. The number of rotatable bonds is 7. The zero-order chi connectivity index (χ0) is 52.0. The minimum absolute atomic E-state index is 0. The van der Waals surface area contributed by atoms with Crippen LogP contribution in [0.5, 0.6) is 11.5 Å². The summed E-state index contributed by atoms with van der Waals surface area (Å²) in [4.78, 5) is 9.68. The van der Waals surface area contributed by atoms with Crippen LogP contribution in [-0.2, 0) is 48.1 Å². The van der Waals surface area contributed by atoms with Gasteiger partial charge in [-0.1, -0.05) is 182 Å². The van der Waals surface area contributed by atoms with E-state index >= 15 is 0 Å². The normalized spacial score (nSPS) is 13.4. The number of pyridine rings is 1. The number of aromatic nitrogens is 2. The number of anilines is 4. The third-order valence-corrected chi connectivity index (χ3v) is 14.4. The molecule has 0 radical (unpaired) electrons. The minimum atomic E-state index is -0.112. The molecule has 0 bridgehead atoms. The van der Waals surface area contributed by atoms with Crippen LogP contribution in [0.3, 0.4) is 0 Å². The Morgan fingerprint density at radius 2 is 1.04 bits per heavy atom. The van der Waals surface area contributed by atoms with Crippen LogP contribution >= 0.6 is 0 Å². The van der Waals surface area contributed by atoms with E-state index in [2.05, 4.69) is 264 Å². The predicted molar refractivity (Wildman–Crippen MR) is 309 cm³/mol. The minimum Gasteiger partial charge on any atom is -0.509 e. The summed E-state index contributed by atoms with van der Waals surface area (Å²) in [7, 11) is 0. The van der Waals surface area contributed by atoms with Gasteiger partial charge in [-0.25, -0.2) is 4.98 Å². The molecular formula is C68H71N4OPt-3. The average molecular weight is 1160 g/mol. The second-order valence-corrected chi connectivity index (χ2v) is 25.2. The second-order valence-electron chi connectivity index (χ2n) is 25.2. The summed E-state index contributed by atoms with van der Waals surface area (Å²) in [5.74, 6) is 2.01. The molecule has 1 aliphatic heterocycles. The molecule has 0 N–H and O–H groups in total. The molecule has 0 amide bonds. The van der Waals surface area contributed by atoms with E-state index in [1.807, 2.05) is 24.4 Å². The van der Waals surface area contributed by atoms with Gasteiger partial charge < -0.3 is 19.1 Å². The third-order valence-electron chi connectivity index (χ3n) is 14.4. The maximum Gasteiger partial charge on any atom is 0.136 e. The van der Waals surface area contributed by atoms with Gasteiger partial charge in [0.15, 0.2) is 0 Å². The quantitative estimate of drug-likeness (QED) is 0.149. The molecule has 5 nitrogen and oxygen atoms in total. The summed E-state index contributed by atoms with van der Waals surface area (Å²) in [6.45, 7) is 36.9. The number of benzene rings is 7. The molecule has 0 atom stereocenters. The van der Waals surface area contributed by atoms with Gasteiger partial charge in [-0.3, -0.25) is 0 Å². The van der Waals surface area contributed by atoms with E-state index < -0.39 is 0 Å². The van der Waals surface area contributed by atoms with Crippen molar-refractivity contribution in [2.24, 2.45) is 0 Å². The summed E-state index contributed by atoms with van der Waals surface area (Å²) in [5, 5.41) is 2.19. The van der Waals surface area contributed by atoms with Crippen LogP contribution in [-0.4, -0.2) is 9.55 Å². The molecular weight excluding hydrogens is 1080 g/mol. The Morgan fingerprint density at radius 1 is 0.459 bits per heavy atom. The van der Waals surface area contributed by atoms with Gasteiger partial charge in [0.25, 0.3) is 0 Å². The van der Waals surface area contributed by atoms with Gasteiger partial charge >= 0.3 is 0 Å². The monoisotopic (exact) mass is 1150 g/mol. The van der Waals surface area contributed by atoms with Crippen molar-refractivity contribution < 1.29 is 25.8 Å². The summed E-state index contributed by atoms with van der Waals surface area (Å²) in [6, 6.07) is 60.0. The summed E-state index contributed by atoms with van der Waals surface area (Å²) in [5.41, 5.74) is 17.3. The van der Waals surface area contributed by atoms with Crippen molar-refractivity contribution in [3.05, 3.63) is 198 Å². The predicted octanol–water partition coefficient (Wildman–Crippen LogP) is 18.8. The Labute approximate surface area is 455 Å². The number of fused-ring (bicyclic) bond motifs is 4. The van der Waals surface area contributed by atoms with Gasteiger partial charge in [0.1, 0.15) is 5.82 Å². The van der Waals surface area contributed by atoms with Crippen molar-refractivity contribution in [3.63, 3.8) is 0 Å². The fourth-order valence-corrected chi connectivity index (χ4v) is 10.2. The number of nitrogens with zero attached hydrogens (tertiary/aromatic N) is 4. The zero-order valence-corrected chi connectivity index (χ0v) is 48.3. The molecule has 9 aromatic rings.